The van der Waals surface area contributed by atoms with Gasteiger partial charge in [-0.25, -0.2) is 36.5 Å². The largest absolute Gasteiger partial charge is 0.393 e. The summed E-state index contributed by atoms with van der Waals surface area (Å²) in [6.45, 7) is 0. The summed E-state index contributed by atoms with van der Waals surface area (Å²) in [5, 5.41) is 15.6. The number of aromatic nitrogens is 2. The minimum Gasteiger partial charge on any atom is -0.393 e. The first-order valence-electron chi connectivity index (χ1n) is 11.2. The lowest BCUT2D eigenvalue weighted by atomic mass is 9.88. The topological polar surface area (TPSA) is 117 Å². The third-order valence-corrected chi connectivity index (χ3v) is 8.45. The first-order valence-corrected chi connectivity index (χ1v) is 13.0. The van der Waals surface area contributed by atoms with E-state index in [1.54, 1.807) is 0 Å². The number of rotatable bonds is 4. The molecule has 1 aromatic carbocycles. The molecule has 12 heteroatoms. The molecule has 5 rings (SSSR count). The average Bonchev–Trinajstić information content (AvgIpc) is 3.30. The number of amidine groups is 1. The van der Waals surface area contributed by atoms with Gasteiger partial charge in [0.15, 0.2) is 21.5 Å². The van der Waals surface area contributed by atoms with Crippen LogP contribution in [0.4, 0.5) is 30.5 Å². The summed E-state index contributed by atoms with van der Waals surface area (Å²) >= 11 is 0. The van der Waals surface area contributed by atoms with Crippen LogP contribution in [0.5, 0.6) is 0 Å². The van der Waals surface area contributed by atoms with Crippen LogP contribution in [0.2, 0.25) is 0 Å². The van der Waals surface area contributed by atoms with Gasteiger partial charge in [-0.05, 0) is 38.0 Å². The number of halogens is 3. The fourth-order valence-electron chi connectivity index (χ4n) is 4.93. The number of nitrogens with one attached hydrogen (secondary N) is 2. The molecule has 1 saturated heterocycles. The van der Waals surface area contributed by atoms with Gasteiger partial charge in [-0.2, -0.15) is 0 Å². The smallest absolute Gasteiger partial charge is 0.223 e. The van der Waals surface area contributed by atoms with Crippen LogP contribution in [0.3, 0.4) is 0 Å². The van der Waals surface area contributed by atoms with Crippen molar-refractivity contribution in [2.24, 2.45) is 10.9 Å². The summed E-state index contributed by atoms with van der Waals surface area (Å²) in [4.78, 5) is 13.3. The molecular formula is C22H24F3N5O3S. The number of fused-ring (bicyclic) bond motifs is 1. The molecule has 1 saturated carbocycles. The molecule has 2 fully saturated rings. The van der Waals surface area contributed by atoms with Gasteiger partial charge in [0.05, 0.1) is 35.4 Å². The lowest BCUT2D eigenvalue weighted by molar-refractivity contribution is 0.126. The Hall–Kier alpha value is -2.73. The summed E-state index contributed by atoms with van der Waals surface area (Å²) in [6.07, 6.45) is 4.42. The molecule has 1 unspecified atom stereocenters. The fourth-order valence-corrected chi connectivity index (χ4v) is 6.77. The Morgan fingerprint density at radius 3 is 2.38 bits per heavy atom. The SMILES string of the molecule is O=S1(=O)CC[C@H](C2C(Nc3c(F)cc(F)cc3F)=Nc3cnc(N[C@H]4CC[C@H](O)CC4)nc32)C1. The van der Waals surface area contributed by atoms with E-state index in [1.807, 2.05) is 0 Å². The molecule has 0 spiro atoms. The summed E-state index contributed by atoms with van der Waals surface area (Å²) in [6, 6.07) is 1.21. The Kier molecular flexibility index (Phi) is 5.96. The van der Waals surface area contributed by atoms with E-state index in [9.17, 15) is 26.7 Å². The van der Waals surface area contributed by atoms with Gasteiger partial charge in [0.25, 0.3) is 0 Å². The van der Waals surface area contributed by atoms with E-state index in [4.69, 9.17) is 0 Å². The van der Waals surface area contributed by atoms with E-state index in [0.717, 1.165) is 12.8 Å². The number of sulfone groups is 1. The van der Waals surface area contributed by atoms with Crippen molar-refractivity contribution >= 4 is 33.0 Å². The van der Waals surface area contributed by atoms with Crippen molar-refractivity contribution in [1.82, 2.24) is 9.97 Å². The first kappa shape index (κ1) is 23.0. The summed E-state index contributed by atoms with van der Waals surface area (Å²) in [7, 11) is -3.25. The van der Waals surface area contributed by atoms with E-state index in [1.165, 1.54) is 6.20 Å². The summed E-state index contributed by atoms with van der Waals surface area (Å²) in [5.74, 6) is -3.92. The molecule has 2 aromatic rings. The molecular weight excluding hydrogens is 471 g/mol. The Morgan fingerprint density at radius 1 is 1.03 bits per heavy atom. The second-order valence-electron chi connectivity index (χ2n) is 9.12. The highest BCUT2D eigenvalue weighted by atomic mass is 32.2. The molecule has 3 heterocycles. The average molecular weight is 496 g/mol. The van der Waals surface area contributed by atoms with E-state index >= 15 is 0 Å². The van der Waals surface area contributed by atoms with Gasteiger partial charge >= 0.3 is 0 Å². The van der Waals surface area contributed by atoms with Crippen LogP contribution in [-0.2, 0) is 9.84 Å². The second kappa shape index (κ2) is 8.81. The number of aliphatic imine (C=N–C) groups is 1. The molecule has 0 bridgehead atoms. The van der Waals surface area contributed by atoms with Crippen LogP contribution in [0.25, 0.3) is 0 Å². The van der Waals surface area contributed by atoms with Crippen LogP contribution in [0.1, 0.15) is 43.7 Å². The van der Waals surface area contributed by atoms with Gasteiger partial charge in [-0.15, -0.1) is 0 Å². The minimum absolute atomic E-state index is 0.0106. The highest BCUT2D eigenvalue weighted by Gasteiger charge is 2.42. The standard InChI is InChI=1S/C22H24F3N5O3S/c23-12-7-15(24)19(16(25)8-12)29-21-18(11-5-6-34(32,33)10-11)20-17(28-21)9-26-22(30-20)27-13-1-3-14(31)4-2-13/h7-9,11,13-14,18,31H,1-6,10H2,(H,28,29)(H,26,27,30)/t11-,13-,14-,18?/m0/s1. The molecule has 1 aromatic heterocycles. The number of benzene rings is 1. The number of nitrogens with zero attached hydrogens (tertiary/aromatic N) is 3. The first-order chi connectivity index (χ1) is 16.2. The van der Waals surface area contributed by atoms with E-state index in [-0.39, 0.29) is 29.5 Å². The van der Waals surface area contributed by atoms with Crippen molar-refractivity contribution in [2.75, 3.05) is 22.1 Å². The number of hydrogen-bond acceptors (Lipinski definition) is 8. The van der Waals surface area contributed by atoms with Gasteiger partial charge in [-0.3, -0.25) is 0 Å². The molecule has 0 radical (unpaired) electrons. The summed E-state index contributed by atoms with van der Waals surface area (Å²) < 4.78 is 66.4. The van der Waals surface area contributed by atoms with Crippen LogP contribution < -0.4 is 10.6 Å². The van der Waals surface area contributed by atoms with Crippen molar-refractivity contribution in [3.05, 3.63) is 41.5 Å². The van der Waals surface area contributed by atoms with E-state index in [2.05, 4.69) is 25.6 Å². The molecule has 1 aliphatic carbocycles. The lowest BCUT2D eigenvalue weighted by Gasteiger charge is -2.26. The maximum Gasteiger partial charge on any atom is 0.223 e. The summed E-state index contributed by atoms with van der Waals surface area (Å²) in [5.41, 5.74) is 0.288. The van der Waals surface area contributed by atoms with Gasteiger partial charge < -0.3 is 15.7 Å². The quantitative estimate of drug-likeness (QED) is 0.596. The Balaban J connectivity index is 1.45. The molecule has 182 valence electrons. The molecule has 2 atom stereocenters. The highest BCUT2D eigenvalue weighted by molar-refractivity contribution is 7.91. The van der Waals surface area contributed by atoms with Crippen molar-refractivity contribution in [3.63, 3.8) is 0 Å². The maximum absolute atomic E-state index is 14.3. The third kappa shape index (κ3) is 4.61. The second-order valence-corrected chi connectivity index (χ2v) is 11.3. The van der Waals surface area contributed by atoms with Crippen LogP contribution >= 0.6 is 0 Å². The zero-order valence-electron chi connectivity index (χ0n) is 18.1. The van der Waals surface area contributed by atoms with Gasteiger partial charge in [0.1, 0.15) is 23.0 Å². The lowest BCUT2D eigenvalue weighted by Crippen LogP contribution is -2.30. The number of aliphatic hydroxyl groups excluding tert-OH is 1. The number of anilines is 2. The Labute approximate surface area is 194 Å². The van der Waals surface area contributed by atoms with Gasteiger partial charge in [0.2, 0.25) is 5.95 Å². The molecule has 0 amide bonds. The molecule has 34 heavy (non-hydrogen) atoms. The van der Waals surface area contributed by atoms with Crippen LogP contribution in [0.15, 0.2) is 23.3 Å². The zero-order valence-corrected chi connectivity index (χ0v) is 19.0. The van der Waals surface area contributed by atoms with Crippen molar-refractivity contribution in [2.45, 2.75) is 50.2 Å². The highest BCUT2D eigenvalue weighted by Crippen LogP contribution is 2.43. The van der Waals surface area contributed by atoms with Crippen molar-refractivity contribution < 1.29 is 26.7 Å². The van der Waals surface area contributed by atoms with Crippen molar-refractivity contribution in [1.29, 1.82) is 0 Å². The normalized spacial score (nSPS) is 27.8. The molecule has 3 aliphatic rings. The molecule has 2 aliphatic heterocycles. The third-order valence-electron chi connectivity index (χ3n) is 6.66. The fraction of sp³-hybridized carbons (Fsp3) is 0.500. The number of hydrogen-bond donors (Lipinski definition) is 3. The van der Waals surface area contributed by atoms with Crippen molar-refractivity contribution in [3.8, 4) is 0 Å². The number of aliphatic hydroxyl groups is 1. The molecule has 8 nitrogen and oxygen atoms in total. The minimum atomic E-state index is -3.25. The predicted molar refractivity (Wildman–Crippen MR) is 120 cm³/mol. The van der Waals surface area contributed by atoms with E-state index < -0.39 is 44.8 Å². The monoisotopic (exact) mass is 495 g/mol. The van der Waals surface area contributed by atoms with Crippen LogP contribution in [0, 0.1) is 23.4 Å². The van der Waals surface area contributed by atoms with E-state index in [0.29, 0.717) is 48.7 Å². The van der Waals surface area contributed by atoms with Gasteiger partial charge in [0, 0.05) is 18.2 Å². The Morgan fingerprint density at radius 2 is 1.74 bits per heavy atom. The predicted octanol–water partition coefficient (Wildman–Crippen LogP) is 3.28. The van der Waals surface area contributed by atoms with Crippen LogP contribution in [-0.4, -0.2) is 53.0 Å². The molecule has 3 N–H and O–H groups in total. The maximum atomic E-state index is 14.3. The zero-order chi connectivity index (χ0) is 24.0. The van der Waals surface area contributed by atoms with Gasteiger partial charge in [-0.1, -0.05) is 0 Å². The Bertz CT molecular complexity index is 1230.